The van der Waals surface area contributed by atoms with Crippen LogP contribution in [0.25, 0.3) is 0 Å². The lowest BCUT2D eigenvalue weighted by Crippen LogP contribution is -2.11. The molecule has 0 amide bonds. The van der Waals surface area contributed by atoms with Crippen molar-refractivity contribution in [3.8, 4) is 5.88 Å². The average Bonchev–Trinajstić information content (AvgIpc) is 2.86. The number of rotatable bonds is 5. The Hall–Kier alpha value is -2.24. The van der Waals surface area contributed by atoms with E-state index in [-0.39, 0.29) is 12.2 Å². The quantitative estimate of drug-likeness (QED) is 0.739. The number of ketones is 1. The van der Waals surface area contributed by atoms with E-state index in [0.29, 0.717) is 11.6 Å². The van der Waals surface area contributed by atoms with Gasteiger partial charge in [0.1, 0.15) is 11.5 Å². The van der Waals surface area contributed by atoms with Gasteiger partial charge in [0.2, 0.25) is 5.88 Å². The molecule has 0 aromatic carbocycles. The monoisotopic (exact) mass is 246 g/mol. The van der Waals surface area contributed by atoms with E-state index in [0.717, 1.165) is 12.4 Å². The Kier molecular flexibility index (Phi) is 3.66. The van der Waals surface area contributed by atoms with Gasteiger partial charge < -0.3 is 9.30 Å². The Labute approximate surface area is 105 Å². The van der Waals surface area contributed by atoms with E-state index in [1.807, 2.05) is 17.7 Å². The molecule has 0 aliphatic heterocycles. The SMILES string of the molecule is CCn1ccnc1CC(=O)c1ccc(OC)nn1. The molecule has 0 aliphatic carbocycles. The Bertz CT molecular complexity index is 533. The Morgan fingerprint density at radius 3 is 2.83 bits per heavy atom. The zero-order valence-electron chi connectivity index (χ0n) is 10.3. The summed E-state index contributed by atoms with van der Waals surface area (Å²) >= 11 is 0. The van der Waals surface area contributed by atoms with Crippen LogP contribution in [0.1, 0.15) is 23.2 Å². The standard InChI is InChI=1S/C12H14N4O2/c1-3-16-7-6-13-11(16)8-10(17)9-4-5-12(18-2)15-14-9/h4-7H,3,8H2,1-2H3. The number of methoxy groups -OCH3 is 1. The van der Waals surface area contributed by atoms with Crippen LogP contribution in [-0.2, 0) is 13.0 Å². The van der Waals surface area contributed by atoms with Gasteiger partial charge in [-0.3, -0.25) is 4.79 Å². The van der Waals surface area contributed by atoms with Crippen LogP contribution in [-0.4, -0.2) is 32.6 Å². The summed E-state index contributed by atoms with van der Waals surface area (Å²) in [7, 11) is 1.50. The predicted molar refractivity (Wildman–Crippen MR) is 64.5 cm³/mol. The van der Waals surface area contributed by atoms with Crippen LogP contribution in [0, 0.1) is 0 Å². The molecular formula is C12H14N4O2. The molecule has 0 saturated carbocycles. The fourth-order valence-electron chi connectivity index (χ4n) is 1.61. The van der Waals surface area contributed by atoms with Crippen LogP contribution >= 0.6 is 0 Å². The van der Waals surface area contributed by atoms with Crippen LogP contribution < -0.4 is 4.74 Å². The molecular weight excluding hydrogens is 232 g/mol. The lowest BCUT2D eigenvalue weighted by molar-refractivity contribution is 0.0984. The van der Waals surface area contributed by atoms with Gasteiger partial charge >= 0.3 is 0 Å². The highest BCUT2D eigenvalue weighted by Crippen LogP contribution is 2.07. The van der Waals surface area contributed by atoms with Gasteiger partial charge in [-0.2, -0.15) is 0 Å². The molecule has 0 atom stereocenters. The van der Waals surface area contributed by atoms with E-state index < -0.39 is 0 Å². The number of aryl methyl sites for hydroxylation is 1. The van der Waals surface area contributed by atoms with Crippen molar-refractivity contribution in [2.24, 2.45) is 0 Å². The number of ether oxygens (including phenoxy) is 1. The molecule has 0 N–H and O–H groups in total. The van der Waals surface area contributed by atoms with E-state index in [1.165, 1.54) is 7.11 Å². The third-order valence-electron chi connectivity index (χ3n) is 2.60. The van der Waals surface area contributed by atoms with Crippen molar-refractivity contribution in [1.29, 1.82) is 0 Å². The maximum absolute atomic E-state index is 12.0. The average molecular weight is 246 g/mol. The maximum atomic E-state index is 12.0. The van der Waals surface area contributed by atoms with E-state index in [2.05, 4.69) is 15.2 Å². The second kappa shape index (κ2) is 5.39. The number of nitrogens with zero attached hydrogens (tertiary/aromatic N) is 4. The summed E-state index contributed by atoms with van der Waals surface area (Å²) in [5.41, 5.74) is 0.321. The smallest absolute Gasteiger partial charge is 0.233 e. The summed E-state index contributed by atoms with van der Waals surface area (Å²) in [5, 5.41) is 7.59. The zero-order chi connectivity index (χ0) is 13.0. The van der Waals surface area contributed by atoms with Crippen LogP contribution in [0.5, 0.6) is 5.88 Å². The number of carbonyl (C=O) groups is 1. The number of hydrogen-bond acceptors (Lipinski definition) is 5. The second-order valence-corrected chi connectivity index (χ2v) is 3.69. The minimum atomic E-state index is -0.106. The van der Waals surface area contributed by atoms with E-state index in [9.17, 15) is 4.79 Å². The van der Waals surface area contributed by atoms with Crippen molar-refractivity contribution in [2.75, 3.05) is 7.11 Å². The lowest BCUT2D eigenvalue weighted by Gasteiger charge is -2.03. The van der Waals surface area contributed by atoms with Gasteiger partial charge in [0.25, 0.3) is 0 Å². The molecule has 0 saturated heterocycles. The first kappa shape index (κ1) is 12.2. The Balaban J connectivity index is 2.11. The van der Waals surface area contributed by atoms with E-state index in [4.69, 9.17) is 4.74 Å². The molecule has 0 spiro atoms. The molecule has 0 fully saturated rings. The van der Waals surface area contributed by atoms with Gasteiger partial charge in [-0.05, 0) is 13.0 Å². The summed E-state index contributed by atoms with van der Waals surface area (Å²) < 4.78 is 6.82. The van der Waals surface area contributed by atoms with Gasteiger partial charge in [0, 0.05) is 25.0 Å². The summed E-state index contributed by atoms with van der Waals surface area (Å²) in [6.07, 6.45) is 3.76. The van der Waals surface area contributed by atoms with Crippen LogP contribution in [0.3, 0.4) is 0 Å². The number of hydrogen-bond donors (Lipinski definition) is 0. The number of Topliss-reactive ketones (excluding diaryl/α,β-unsaturated/α-hetero) is 1. The third-order valence-corrected chi connectivity index (χ3v) is 2.60. The first-order valence-corrected chi connectivity index (χ1v) is 5.65. The van der Waals surface area contributed by atoms with Gasteiger partial charge in [-0.15, -0.1) is 10.2 Å². The fourth-order valence-corrected chi connectivity index (χ4v) is 1.61. The molecule has 0 unspecified atom stereocenters. The van der Waals surface area contributed by atoms with Gasteiger partial charge in [-0.1, -0.05) is 0 Å². The van der Waals surface area contributed by atoms with Gasteiger partial charge in [0.15, 0.2) is 5.78 Å². The maximum Gasteiger partial charge on any atom is 0.233 e. The van der Waals surface area contributed by atoms with Gasteiger partial charge in [0.05, 0.1) is 13.5 Å². The third kappa shape index (κ3) is 2.53. The van der Waals surface area contributed by atoms with Crippen molar-refractivity contribution in [3.63, 3.8) is 0 Å². The van der Waals surface area contributed by atoms with Crippen LogP contribution in [0.4, 0.5) is 0 Å². The fraction of sp³-hybridized carbons (Fsp3) is 0.333. The molecule has 2 heterocycles. The molecule has 0 radical (unpaired) electrons. The molecule has 0 bridgehead atoms. The highest BCUT2D eigenvalue weighted by Gasteiger charge is 2.12. The molecule has 94 valence electrons. The lowest BCUT2D eigenvalue weighted by atomic mass is 10.2. The molecule has 6 nitrogen and oxygen atoms in total. The van der Waals surface area contributed by atoms with Crippen molar-refractivity contribution in [2.45, 2.75) is 19.9 Å². The molecule has 2 rings (SSSR count). The number of aromatic nitrogens is 4. The Morgan fingerprint density at radius 2 is 2.22 bits per heavy atom. The van der Waals surface area contributed by atoms with E-state index >= 15 is 0 Å². The molecule has 2 aromatic rings. The van der Waals surface area contributed by atoms with Crippen molar-refractivity contribution < 1.29 is 9.53 Å². The summed E-state index contributed by atoms with van der Waals surface area (Å²) in [4.78, 5) is 16.1. The van der Waals surface area contributed by atoms with Crippen molar-refractivity contribution in [3.05, 3.63) is 36.0 Å². The zero-order valence-corrected chi connectivity index (χ0v) is 10.3. The summed E-state index contributed by atoms with van der Waals surface area (Å²) in [6, 6.07) is 3.22. The molecule has 0 aliphatic rings. The second-order valence-electron chi connectivity index (χ2n) is 3.69. The molecule has 6 heteroatoms. The largest absolute Gasteiger partial charge is 0.480 e. The first-order valence-electron chi connectivity index (χ1n) is 5.65. The van der Waals surface area contributed by atoms with Crippen LogP contribution in [0.2, 0.25) is 0 Å². The summed E-state index contributed by atoms with van der Waals surface area (Å²) in [5.74, 6) is 1.02. The van der Waals surface area contributed by atoms with Crippen molar-refractivity contribution >= 4 is 5.78 Å². The van der Waals surface area contributed by atoms with Crippen molar-refractivity contribution in [1.82, 2.24) is 19.7 Å². The first-order chi connectivity index (χ1) is 8.74. The highest BCUT2D eigenvalue weighted by molar-refractivity contribution is 5.95. The van der Waals surface area contributed by atoms with Gasteiger partial charge in [-0.25, -0.2) is 4.98 Å². The molecule has 2 aromatic heterocycles. The summed E-state index contributed by atoms with van der Waals surface area (Å²) in [6.45, 7) is 2.79. The number of imidazole rings is 1. The minimum Gasteiger partial charge on any atom is -0.480 e. The highest BCUT2D eigenvalue weighted by atomic mass is 16.5. The number of carbonyl (C=O) groups excluding carboxylic acids is 1. The van der Waals surface area contributed by atoms with Crippen LogP contribution in [0.15, 0.2) is 24.5 Å². The van der Waals surface area contributed by atoms with E-state index in [1.54, 1.807) is 18.3 Å². The minimum absolute atomic E-state index is 0.106. The Morgan fingerprint density at radius 1 is 1.39 bits per heavy atom. The normalized spacial score (nSPS) is 10.3. The predicted octanol–water partition coefficient (Wildman–Crippen LogP) is 1.13. The molecule has 18 heavy (non-hydrogen) atoms. The topological polar surface area (TPSA) is 69.9 Å².